The first kappa shape index (κ1) is 24.9. The number of amides is 1. The number of aliphatic hydroxyl groups is 1. The molecule has 5 rings (SSSR count). The van der Waals surface area contributed by atoms with Gasteiger partial charge in [-0.2, -0.15) is 5.10 Å². The Morgan fingerprint density at radius 1 is 1.22 bits per heavy atom. The Morgan fingerprint density at radius 3 is 2.78 bits per heavy atom. The highest BCUT2D eigenvalue weighted by molar-refractivity contribution is 6.33. The molecule has 10 nitrogen and oxygen atoms in total. The summed E-state index contributed by atoms with van der Waals surface area (Å²) in [7, 11) is 3.46. The van der Waals surface area contributed by atoms with Gasteiger partial charge < -0.3 is 24.6 Å². The molecule has 1 aliphatic rings. The molecular weight excluding hydrogens is 494 g/mol. The first-order valence-corrected chi connectivity index (χ1v) is 12.2. The molecule has 5 heterocycles. The Hall–Kier alpha value is -3.73. The van der Waals surface area contributed by atoms with E-state index in [1.165, 1.54) is 0 Å². The molecule has 4 aromatic heterocycles. The largest absolute Gasteiger partial charge is 0.392 e. The third-order valence-corrected chi connectivity index (χ3v) is 6.86. The van der Waals surface area contributed by atoms with Crippen LogP contribution in [-0.4, -0.2) is 60.0 Å². The number of carbonyl (C=O) groups excluding carboxylic acids is 1. The molecule has 0 bridgehead atoms. The quantitative estimate of drug-likeness (QED) is 0.365. The number of nitrogens with zero attached hydrogens (tertiary/aromatic N) is 6. The highest BCUT2D eigenvalue weighted by Crippen LogP contribution is 2.34. The van der Waals surface area contributed by atoms with E-state index in [1.54, 1.807) is 35.3 Å². The number of pyridine rings is 2. The van der Waals surface area contributed by atoms with Gasteiger partial charge in [0.1, 0.15) is 17.3 Å². The number of anilines is 2. The van der Waals surface area contributed by atoms with Crippen molar-refractivity contribution in [2.24, 2.45) is 7.05 Å². The Kier molecular flexibility index (Phi) is 6.96. The van der Waals surface area contributed by atoms with Crippen molar-refractivity contribution in [1.29, 1.82) is 0 Å². The van der Waals surface area contributed by atoms with Gasteiger partial charge in [0.15, 0.2) is 0 Å². The number of nitrogens with one attached hydrogen (secondary N) is 1. The molecule has 1 aliphatic heterocycles. The third kappa shape index (κ3) is 4.95. The van der Waals surface area contributed by atoms with E-state index in [9.17, 15) is 9.90 Å². The maximum absolute atomic E-state index is 13.7. The summed E-state index contributed by atoms with van der Waals surface area (Å²) in [6.07, 6.45) is 6.96. The summed E-state index contributed by atoms with van der Waals surface area (Å²) >= 11 is 6.54. The fourth-order valence-electron chi connectivity index (χ4n) is 4.64. The van der Waals surface area contributed by atoms with Gasteiger partial charge in [0.25, 0.3) is 5.91 Å². The summed E-state index contributed by atoms with van der Waals surface area (Å²) in [6, 6.07) is 7.22. The second-order valence-corrected chi connectivity index (χ2v) is 9.48. The SMILES string of the molecule is COC[C@H]1Cn2cc(-c3cc(Nc4ccnn4C)ncc3Cl)cc2C(=O)N1Cc1cnc(C)cc1CO. The van der Waals surface area contributed by atoms with Crippen LogP contribution in [0, 0.1) is 6.92 Å². The Morgan fingerprint density at radius 2 is 2.05 bits per heavy atom. The van der Waals surface area contributed by atoms with E-state index in [-0.39, 0.29) is 18.6 Å². The maximum atomic E-state index is 13.7. The number of hydrogen-bond acceptors (Lipinski definition) is 7. The highest BCUT2D eigenvalue weighted by Gasteiger charge is 2.34. The van der Waals surface area contributed by atoms with Crippen LogP contribution < -0.4 is 5.32 Å². The number of halogens is 1. The van der Waals surface area contributed by atoms with Crippen molar-refractivity contribution in [3.8, 4) is 11.1 Å². The lowest BCUT2D eigenvalue weighted by Crippen LogP contribution is -2.49. The molecule has 0 radical (unpaired) electrons. The zero-order valence-electron chi connectivity index (χ0n) is 20.8. The third-order valence-electron chi connectivity index (χ3n) is 6.56. The predicted octanol–water partition coefficient (Wildman–Crippen LogP) is 3.55. The lowest BCUT2D eigenvalue weighted by molar-refractivity contribution is 0.0386. The van der Waals surface area contributed by atoms with Crippen molar-refractivity contribution < 1.29 is 14.6 Å². The number of aliphatic hydroxyl groups excluding tert-OH is 1. The molecule has 0 saturated carbocycles. The van der Waals surface area contributed by atoms with Gasteiger partial charge in [0.05, 0.1) is 30.5 Å². The molecule has 11 heteroatoms. The molecule has 0 aliphatic carbocycles. The van der Waals surface area contributed by atoms with Crippen molar-refractivity contribution in [2.45, 2.75) is 32.7 Å². The number of aryl methyl sites for hydroxylation is 2. The Balaban J connectivity index is 1.47. The summed E-state index contributed by atoms with van der Waals surface area (Å²) in [4.78, 5) is 24.3. The number of ether oxygens (including phenoxy) is 1. The summed E-state index contributed by atoms with van der Waals surface area (Å²) < 4.78 is 9.12. The maximum Gasteiger partial charge on any atom is 0.271 e. The van der Waals surface area contributed by atoms with Crippen LogP contribution in [0.25, 0.3) is 11.1 Å². The van der Waals surface area contributed by atoms with E-state index in [0.29, 0.717) is 36.2 Å². The Bertz CT molecular complexity index is 1450. The van der Waals surface area contributed by atoms with Gasteiger partial charge in [0, 0.05) is 68.7 Å². The summed E-state index contributed by atoms with van der Waals surface area (Å²) in [5.41, 5.74) is 4.52. The molecule has 1 amide bonds. The zero-order chi connectivity index (χ0) is 26.1. The first-order chi connectivity index (χ1) is 17.9. The van der Waals surface area contributed by atoms with Crippen molar-refractivity contribution in [3.63, 3.8) is 0 Å². The molecule has 2 N–H and O–H groups in total. The van der Waals surface area contributed by atoms with Crippen LogP contribution in [-0.2, 0) is 31.5 Å². The van der Waals surface area contributed by atoms with Gasteiger partial charge in [-0.3, -0.25) is 14.5 Å². The van der Waals surface area contributed by atoms with Gasteiger partial charge in [-0.25, -0.2) is 4.98 Å². The minimum atomic E-state index is -0.187. The van der Waals surface area contributed by atoms with Gasteiger partial charge in [0.2, 0.25) is 0 Å². The second-order valence-electron chi connectivity index (χ2n) is 9.08. The van der Waals surface area contributed by atoms with Crippen molar-refractivity contribution in [3.05, 3.63) is 76.6 Å². The lowest BCUT2D eigenvalue weighted by atomic mass is 10.1. The van der Waals surface area contributed by atoms with Gasteiger partial charge in [-0.15, -0.1) is 0 Å². The lowest BCUT2D eigenvalue weighted by Gasteiger charge is -2.36. The molecule has 37 heavy (non-hydrogen) atoms. The summed E-state index contributed by atoms with van der Waals surface area (Å²) in [5, 5.41) is 17.7. The van der Waals surface area contributed by atoms with Crippen LogP contribution in [0.5, 0.6) is 0 Å². The van der Waals surface area contributed by atoms with Gasteiger partial charge in [-0.1, -0.05) is 11.6 Å². The number of rotatable bonds is 8. The first-order valence-electron chi connectivity index (χ1n) is 11.8. The molecule has 0 fully saturated rings. The van der Waals surface area contributed by atoms with Crippen LogP contribution in [0.1, 0.15) is 27.3 Å². The average molecular weight is 522 g/mol. The van der Waals surface area contributed by atoms with Crippen molar-refractivity contribution >= 4 is 29.1 Å². The molecule has 1 atom stereocenters. The normalized spacial score (nSPS) is 15.2. The molecule has 0 aromatic carbocycles. The van der Waals surface area contributed by atoms with Crippen LogP contribution in [0.15, 0.2) is 49.1 Å². The number of hydrogen-bond donors (Lipinski definition) is 2. The molecule has 4 aromatic rings. The Labute approximate surface area is 219 Å². The number of aromatic nitrogens is 5. The van der Waals surface area contributed by atoms with E-state index in [4.69, 9.17) is 16.3 Å². The van der Waals surface area contributed by atoms with E-state index in [2.05, 4.69) is 20.4 Å². The minimum Gasteiger partial charge on any atom is -0.392 e. The molecule has 0 saturated heterocycles. The van der Waals surface area contributed by atoms with Crippen LogP contribution in [0.2, 0.25) is 5.02 Å². The second kappa shape index (κ2) is 10.3. The summed E-state index contributed by atoms with van der Waals surface area (Å²) in [6.45, 7) is 3.02. The van der Waals surface area contributed by atoms with E-state index >= 15 is 0 Å². The van der Waals surface area contributed by atoms with Crippen molar-refractivity contribution in [1.82, 2.24) is 29.2 Å². The number of fused-ring (bicyclic) bond motifs is 1. The standard InChI is InChI=1S/C26H28ClN7O3/c1-16-6-18(14-35)19(9-28-16)12-34-20(15-37-3)13-33-11-17(7-23(33)26(34)36)21-8-24(29-10-22(21)27)31-25-4-5-30-32(25)2/h4-11,20,35H,12-15H2,1-3H3,(H,29,31)/t20-/m1/s1. The monoisotopic (exact) mass is 521 g/mol. The molecule has 0 spiro atoms. The van der Waals surface area contributed by atoms with Crippen LogP contribution in [0.3, 0.4) is 0 Å². The van der Waals surface area contributed by atoms with E-state index in [0.717, 1.165) is 33.8 Å². The topological polar surface area (TPSA) is 110 Å². The smallest absolute Gasteiger partial charge is 0.271 e. The molecule has 192 valence electrons. The van der Waals surface area contributed by atoms with Crippen LogP contribution >= 0.6 is 11.6 Å². The zero-order valence-corrected chi connectivity index (χ0v) is 21.6. The van der Waals surface area contributed by atoms with Crippen LogP contribution in [0.4, 0.5) is 11.6 Å². The number of carbonyl (C=O) groups is 1. The summed E-state index contributed by atoms with van der Waals surface area (Å²) in [5.74, 6) is 1.28. The predicted molar refractivity (Wildman–Crippen MR) is 140 cm³/mol. The van der Waals surface area contributed by atoms with Gasteiger partial charge in [-0.05, 0) is 36.2 Å². The highest BCUT2D eigenvalue weighted by atomic mass is 35.5. The fraction of sp³-hybridized carbons (Fsp3) is 0.308. The van der Waals surface area contributed by atoms with E-state index < -0.39 is 0 Å². The average Bonchev–Trinajstić information content (AvgIpc) is 3.49. The van der Waals surface area contributed by atoms with Crippen molar-refractivity contribution in [2.75, 3.05) is 19.0 Å². The molecule has 0 unspecified atom stereocenters. The van der Waals surface area contributed by atoms with E-state index in [1.807, 2.05) is 49.0 Å². The minimum absolute atomic E-state index is 0.119. The molecular formula is C26H28ClN7O3. The fourth-order valence-corrected chi connectivity index (χ4v) is 4.85. The van der Waals surface area contributed by atoms with Gasteiger partial charge >= 0.3 is 0 Å². The number of methoxy groups -OCH3 is 1.